The lowest BCUT2D eigenvalue weighted by Crippen LogP contribution is -1.94. The van der Waals surface area contributed by atoms with Crippen molar-refractivity contribution < 1.29 is 4.74 Å². The Morgan fingerprint density at radius 3 is 3.17 bits per heavy atom. The van der Waals surface area contributed by atoms with Crippen LogP contribution in [0, 0.1) is 3.57 Å². The van der Waals surface area contributed by atoms with Crippen molar-refractivity contribution in [3.05, 3.63) is 16.1 Å². The van der Waals surface area contributed by atoms with Crippen LogP contribution < -0.4 is 0 Å². The Morgan fingerprint density at radius 1 is 1.67 bits per heavy atom. The van der Waals surface area contributed by atoms with Crippen molar-refractivity contribution in [2.24, 2.45) is 0 Å². The number of nitrogens with zero attached hydrogens (tertiary/aromatic N) is 2. The van der Waals surface area contributed by atoms with E-state index in [4.69, 9.17) is 4.74 Å². The molecule has 1 aromatic heterocycles. The zero-order valence-electron chi connectivity index (χ0n) is 6.66. The third-order valence-corrected chi connectivity index (χ3v) is 3.29. The standard InChI is InChI=1S/C7H9IN2OS/c1-11-2-3-12-7-6(8)4-9-5-10-7/h4-5H,2-3H2,1H3. The molecular weight excluding hydrogens is 287 g/mol. The molecule has 0 bridgehead atoms. The number of hydrogen-bond donors (Lipinski definition) is 0. The summed E-state index contributed by atoms with van der Waals surface area (Å²) >= 11 is 3.91. The summed E-state index contributed by atoms with van der Waals surface area (Å²) in [5.41, 5.74) is 0. The maximum atomic E-state index is 4.94. The lowest BCUT2D eigenvalue weighted by atomic mass is 10.7. The molecule has 3 nitrogen and oxygen atoms in total. The highest BCUT2D eigenvalue weighted by Gasteiger charge is 1.99. The number of thioether (sulfide) groups is 1. The summed E-state index contributed by atoms with van der Waals surface area (Å²) in [6.45, 7) is 0.755. The second kappa shape index (κ2) is 5.71. The largest absolute Gasteiger partial charge is 0.384 e. The van der Waals surface area contributed by atoms with Crippen LogP contribution in [-0.4, -0.2) is 29.4 Å². The fourth-order valence-corrected chi connectivity index (χ4v) is 2.15. The Balaban J connectivity index is 2.46. The number of methoxy groups -OCH3 is 1. The van der Waals surface area contributed by atoms with Crippen LogP contribution in [0.5, 0.6) is 0 Å². The van der Waals surface area contributed by atoms with E-state index < -0.39 is 0 Å². The molecule has 0 aromatic carbocycles. The monoisotopic (exact) mass is 296 g/mol. The Morgan fingerprint density at radius 2 is 2.50 bits per heavy atom. The highest BCUT2D eigenvalue weighted by molar-refractivity contribution is 14.1. The fourth-order valence-electron chi connectivity index (χ4n) is 0.629. The molecule has 0 unspecified atom stereocenters. The van der Waals surface area contributed by atoms with Crippen LogP contribution in [0.15, 0.2) is 17.6 Å². The van der Waals surface area contributed by atoms with Gasteiger partial charge in [0, 0.05) is 19.1 Å². The van der Waals surface area contributed by atoms with Crippen LogP contribution >= 0.6 is 34.4 Å². The molecule has 0 radical (unpaired) electrons. The summed E-state index contributed by atoms with van der Waals surface area (Å²) < 4.78 is 6.03. The maximum Gasteiger partial charge on any atom is 0.116 e. The van der Waals surface area contributed by atoms with Crippen molar-refractivity contribution >= 4 is 34.4 Å². The van der Waals surface area contributed by atoms with Gasteiger partial charge in [-0.1, -0.05) is 0 Å². The van der Waals surface area contributed by atoms with Crippen LogP contribution in [0.4, 0.5) is 0 Å². The Hall–Kier alpha value is 0.120. The zero-order chi connectivity index (χ0) is 8.81. The third-order valence-electron chi connectivity index (χ3n) is 1.16. The molecule has 0 amide bonds. The van der Waals surface area contributed by atoms with E-state index in [2.05, 4.69) is 32.6 Å². The van der Waals surface area contributed by atoms with E-state index in [-0.39, 0.29) is 0 Å². The first-order valence-corrected chi connectivity index (χ1v) is 5.48. The molecule has 5 heteroatoms. The molecule has 1 rings (SSSR count). The van der Waals surface area contributed by atoms with Gasteiger partial charge in [0.05, 0.1) is 10.2 Å². The highest BCUT2D eigenvalue weighted by Crippen LogP contribution is 2.19. The van der Waals surface area contributed by atoms with Crippen LogP contribution in [0.1, 0.15) is 0 Å². The molecule has 0 fully saturated rings. The number of halogens is 1. The van der Waals surface area contributed by atoms with Gasteiger partial charge in [0.1, 0.15) is 11.4 Å². The van der Waals surface area contributed by atoms with Gasteiger partial charge in [-0.25, -0.2) is 9.97 Å². The first-order chi connectivity index (χ1) is 5.84. The molecule has 0 aliphatic heterocycles. The van der Waals surface area contributed by atoms with Crippen molar-refractivity contribution in [2.75, 3.05) is 19.5 Å². The lowest BCUT2D eigenvalue weighted by molar-refractivity contribution is 0.218. The fraction of sp³-hybridized carbons (Fsp3) is 0.429. The van der Waals surface area contributed by atoms with E-state index >= 15 is 0 Å². The van der Waals surface area contributed by atoms with Crippen molar-refractivity contribution in [1.82, 2.24) is 9.97 Å². The molecule has 66 valence electrons. The molecule has 0 aliphatic rings. The van der Waals surface area contributed by atoms with Crippen LogP contribution in [-0.2, 0) is 4.74 Å². The van der Waals surface area contributed by atoms with Gasteiger partial charge in [0.25, 0.3) is 0 Å². The van der Waals surface area contributed by atoms with Crippen LogP contribution in [0.25, 0.3) is 0 Å². The molecule has 1 aromatic rings. The van der Waals surface area contributed by atoms with E-state index in [0.717, 1.165) is 21.0 Å². The number of rotatable bonds is 4. The van der Waals surface area contributed by atoms with E-state index in [1.54, 1.807) is 25.2 Å². The third kappa shape index (κ3) is 3.24. The van der Waals surface area contributed by atoms with Crippen LogP contribution in [0.3, 0.4) is 0 Å². The van der Waals surface area contributed by atoms with Gasteiger partial charge < -0.3 is 4.74 Å². The van der Waals surface area contributed by atoms with Gasteiger partial charge in [-0.3, -0.25) is 0 Å². The summed E-state index contributed by atoms with van der Waals surface area (Å²) in [5.74, 6) is 0.934. The minimum atomic E-state index is 0.755. The summed E-state index contributed by atoms with van der Waals surface area (Å²) in [5, 5.41) is 1.03. The molecule has 0 atom stereocenters. The van der Waals surface area contributed by atoms with E-state index in [1.165, 1.54) is 0 Å². The predicted octanol–water partition coefficient (Wildman–Crippen LogP) is 1.82. The van der Waals surface area contributed by atoms with Crippen molar-refractivity contribution in [3.63, 3.8) is 0 Å². The molecule has 12 heavy (non-hydrogen) atoms. The summed E-state index contributed by atoms with van der Waals surface area (Å²) in [4.78, 5) is 8.05. The average molecular weight is 296 g/mol. The van der Waals surface area contributed by atoms with Crippen molar-refractivity contribution in [1.29, 1.82) is 0 Å². The molecule has 0 saturated heterocycles. The molecule has 0 aliphatic carbocycles. The van der Waals surface area contributed by atoms with Crippen LogP contribution in [0.2, 0.25) is 0 Å². The van der Waals surface area contributed by atoms with E-state index in [0.29, 0.717) is 0 Å². The number of hydrogen-bond acceptors (Lipinski definition) is 4. The highest BCUT2D eigenvalue weighted by atomic mass is 127. The Kier molecular flexibility index (Phi) is 4.86. The van der Waals surface area contributed by atoms with E-state index in [9.17, 15) is 0 Å². The minimum absolute atomic E-state index is 0.755. The normalized spacial score (nSPS) is 10.2. The number of aromatic nitrogens is 2. The SMILES string of the molecule is COCCSc1ncncc1I. The summed E-state index contributed by atoms with van der Waals surface area (Å²) in [6.07, 6.45) is 3.37. The quantitative estimate of drug-likeness (QED) is 0.367. The Bertz CT molecular complexity index is 247. The summed E-state index contributed by atoms with van der Waals surface area (Å²) in [6, 6.07) is 0. The van der Waals surface area contributed by atoms with Gasteiger partial charge in [0.15, 0.2) is 0 Å². The first-order valence-electron chi connectivity index (χ1n) is 3.42. The average Bonchev–Trinajstić information content (AvgIpc) is 2.09. The van der Waals surface area contributed by atoms with Crippen molar-refractivity contribution in [2.45, 2.75) is 5.03 Å². The van der Waals surface area contributed by atoms with Gasteiger partial charge in [-0.05, 0) is 22.6 Å². The molecule has 0 saturated carbocycles. The molecule has 1 heterocycles. The Labute approximate surface area is 89.5 Å². The minimum Gasteiger partial charge on any atom is -0.384 e. The smallest absolute Gasteiger partial charge is 0.116 e. The summed E-state index contributed by atoms with van der Waals surface area (Å²) in [7, 11) is 1.70. The lowest BCUT2D eigenvalue weighted by Gasteiger charge is -2.00. The van der Waals surface area contributed by atoms with E-state index in [1.807, 2.05) is 6.20 Å². The predicted molar refractivity (Wildman–Crippen MR) is 57.3 cm³/mol. The molecule has 0 spiro atoms. The number of ether oxygens (including phenoxy) is 1. The topological polar surface area (TPSA) is 35.0 Å². The molecule has 0 N–H and O–H groups in total. The van der Waals surface area contributed by atoms with Crippen molar-refractivity contribution in [3.8, 4) is 0 Å². The van der Waals surface area contributed by atoms with Gasteiger partial charge >= 0.3 is 0 Å². The zero-order valence-corrected chi connectivity index (χ0v) is 9.63. The molecular formula is C7H9IN2OS. The maximum absolute atomic E-state index is 4.94. The van der Waals surface area contributed by atoms with Gasteiger partial charge in [0.2, 0.25) is 0 Å². The first kappa shape index (κ1) is 10.2. The second-order valence-electron chi connectivity index (χ2n) is 2.02. The second-order valence-corrected chi connectivity index (χ2v) is 4.26. The van der Waals surface area contributed by atoms with Gasteiger partial charge in [-0.2, -0.15) is 0 Å². The van der Waals surface area contributed by atoms with Gasteiger partial charge in [-0.15, -0.1) is 11.8 Å².